The maximum Gasteiger partial charge on any atom is 0.261 e. The Morgan fingerprint density at radius 3 is 2.72 bits per heavy atom. The number of amidine groups is 1. The number of hydrogen-bond acceptors (Lipinski definition) is 6. The molecule has 3 rings (SSSR count). The molecule has 2 aliphatic heterocycles. The molecule has 0 radical (unpaired) electrons. The lowest BCUT2D eigenvalue weighted by Gasteiger charge is -2.26. The van der Waals surface area contributed by atoms with Gasteiger partial charge < -0.3 is 4.90 Å². The first-order chi connectivity index (χ1) is 13.6. The number of benzene rings is 1. The molecule has 0 aromatic heterocycles. The largest absolute Gasteiger partial charge is 0.351 e. The highest BCUT2D eigenvalue weighted by Crippen LogP contribution is 2.28. The molecule has 0 saturated carbocycles. The Morgan fingerprint density at radius 1 is 1.31 bits per heavy atom. The summed E-state index contributed by atoms with van der Waals surface area (Å²) in [6.07, 6.45) is 6.04. The fraction of sp³-hybridized carbons (Fsp3) is 0.350. The number of fused-ring (bicyclic) bond motifs is 1. The minimum absolute atomic E-state index is 0.00779. The first kappa shape index (κ1) is 21.8. The van der Waals surface area contributed by atoms with Gasteiger partial charge in [-0.2, -0.15) is 0 Å². The number of aliphatic imine (C=N–C) groups is 1. The van der Waals surface area contributed by atoms with Crippen LogP contribution in [0.5, 0.6) is 0 Å². The maximum absolute atomic E-state index is 12.6. The molecule has 1 aromatic rings. The third-order valence-electron chi connectivity index (χ3n) is 4.80. The summed E-state index contributed by atoms with van der Waals surface area (Å²) in [5.74, 6) is 0.353. The third kappa shape index (κ3) is 4.99. The number of allylic oxidation sites excluding steroid dienone is 3. The lowest BCUT2D eigenvalue weighted by molar-refractivity contribution is 0.438. The monoisotopic (exact) mass is 454 g/mol. The second-order valence-electron chi connectivity index (χ2n) is 6.99. The van der Waals surface area contributed by atoms with Gasteiger partial charge in [-0.05, 0) is 30.5 Å². The van der Waals surface area contributed by atoms with Crippen molar-refractivity contribution in [3.63, 3.8) is 0 Å². The van der Waals surface area contributed by atoms with Crippen molar-refractivity contribution in [2.24, 2.45) is 4.99 Å². The van der Waals surface area contributed by atoms with E-state index in [-0.39, 0.29) is 23.7 Å². The summed E-state index contributed by atoms with van der Waals surface area (Å²) in [5, 5.41) is 0. The smallest absolute Gasteiger partial charge is 0.261 e. The van der Waals surface area contributed by atoms with Gasteiger partial charge in [-0.3, -0.25) is 4.99 Å². The average Bonchev–Trinajstić information content (AvgIpc) is 2.78. The van der Waals surface area contributed by atoms with Gasteiger partial charge in [-0.25, -0.2) is 16.8 Å². The van der Waals surface area contributed by atoms with Crippen LogP contribution in [0.2, 0.25) is 0 Å². The maximum atomic E-state index is 12.6. The minimum atomic E-state index is -3.99. The molecule has 2 aliphatic rings. The Hall–Kier alpha value is -1.90. The summed E-state index contributed by atoms with van der Waals surface area (Å²) >= 11 is 0. The van der Waals surface area contributed by atoms with Gasteiger partial charge in [0.05, 0.1) is 22.1 Å². The van der Waals surface area contributed by atoms with E-state index in [0.717, 1.165) is 12.0 Å². The topological polar surface area (TPSA) is 83.9 Å². The number of sulfone groups is 1. The van der Waals surface area contributed by atoms with E-state index in [1.807, 2.05) is 19.9 Å². The lowest BCUT2D eigenvalue weighted by Crippen LogP contribution is -2.33. The zero-order chi connectivity index (χ0) is 21.2. The Labute approximate surface area is 176 Å². The summed E-state index contributed by atoms with van der Waals surface area (Å²) in [6.45, 7) is 4.60. The van der Waals surface area contributed by atoms with Gasteiger partial charge in [-0.1, -0.05) is 42.8 Å². The highest BCUT2D eigenvalue weighted by molar-refractivity contribution is 8.17. The molecule has 0 bridgehead atoms. The van der Waals surface area contributed by atoms with Crippen molar-refractivity contribution >= 4 is 35.4 Å². The van der Waals surface area contributed by atoms with Crippen molar-refractivity contribution in [3.05, 3.63) is 64.1 Å². The molecule has 0 unspecified atom stereocenters. The molecule has 0 aliphatic carbocycles. The van der Waals surface area contributed by atoms with Gasteiger partial charge in [0.1, 0.15) is 5.84 Å². The molecule has 9 heteroatoms. The van der Waals surface area contributed by atoms with Crippen LogP contribution in [0.1, 0.15) is 25.8 Å². The molecule has 0 amide bonds. The second kappa shape index (κ2) is 8.45. The van der Waals surface area contributed by atoms with Gasteiger partial charge in [0.25, 0.3) is 9.05 Å². The van der Waals surface area contributed by atoms with E-state index >= 15 is 0 Å². The van der Waals surface area contributed by atoms with Crippen molar-refractivity contribution < 1.29 is 16.8 Å². The van der Waals surface area contributed by atoms with Crippen molar-refractivity contribution in [2.45, 2.75) is 31.7 Å². The van der Waals surface area contributed by atoms with Gasteiger partial charge in [-0.15, -0.1) is 0 Å². The van der Waals surface area contributed by atoms with Crippen LogP contribution in [0, 0.1) is 0 Å². The number of nitrogens with zero attached hydrogens (tertiary/aromatic N) is 2. The van der Waals surface area contributed by atoms with Gasteiger partial charge in [0, 0.05) is 29.8 Å². The summed E-state index contributed by atoms with van der Waals surface area (Å²) in [5.41, 5.74) is 2.12. The molecule has 0 fully saturated rings. The van der Waals surface area contributed by atoms with Gasteiger partial charge in [0.15, 0.2) is 9.84 Å². The normalized spacial score (nSPS) is 21.3. The van der Waals surface area contributed by atoms with Crippen molar-refractivity contribution in [3.8, 4) is 0 Å². The first-order valence-electron chi connectivity index (χ1n) is 9.26. The number of rotatable bonds is 3. The summed E-state index contributed by atoms with van der Waals surface area (Å²) < 4.78 is 49.5. The van der Waals surface area contributed by atoms with Gasteiger partial charge >= 0.3 is 0 Å². The van der Waals surface area contributed by atoms with Crippen LogP contribution in [0.15, 0.2) is 68.4 Å². The summed E-state index contributed by atoms with van der Waals surface area (Å²) in [6, 6.07) is 6.85. The first-order valence-corrected chi connectivity index (χ1v) is 13.2. The molecular formula is C20H23ClN2O4S2. The van der Waals surface area contributed by atoms with Crippen molar-refractivity contribution in [2.75, 3.05) is 18.8 Å². The standard InChI is InChI=1S/C20H23ClN2O4S2/c1-3-6-15(2)11-17-13-22-20(12-19(17)29(21,26)27)23-9-10-28(24,25)18-8-5-4-7-16(18)14-23/h4-8,11-12H,3,9-10,13-14H2,1-2H3/b15-6-,17-11+. The highest BCUT2D eigenvalue weighted by atomic mass is 35.7. The van der Waals surface area contributed by atoms with E-state index in [0.29, 0.717) is 28.4 Å². The predicted octanol–water partition coefficient (Wildman–Crippen LogP) is 3.42. The Balaban J connectivity index is 2.00. The van der Waals surface area contributed by atoms with Crippen molar-refractivity contribution in [1.82, 2.24) is 4.90 Å². The lowest BCUT2D eigenvalue weighted by atomic mass is 10.1. The zero-order valence-electron chi connectivity index (χ0n) is 16.3. The third-order valence-corrected chi connectivity index (χ3v) is 7.99. The molecule has 0 saturated heterocycles. The van der Waals surface area contributed by atoms with Crippen LogP contribution < -0.4 is 0 Å². The van der Waals surface area contributed by atoms with Crippen LogP contribution in [0.3, 0.4) is 0 Å². The molecule has 156 valence electrons. The zero-order valence-corrected chi connectivity index (χ0v) is 18.7. The van der Waals surface area contributed by atoms with Crippen molar-refractivity contribution in [1.29, 1.82) is 0 Å². The Morgan fingerprint density at radius 2 is 2.03 bits per heavy atom. The molecule has 0 spiro atoms. The molecule has 0 N–H and O–H groups in total. The number of dihydropyridines is 1. The fourth-order valence-corrected chi connectivity index (χ4v) is 6.06. The second-order valence-corrected chi connectivity index (χ2v) is 11.6. The fourth-order valence-electron chi connectivity index (χ4n) is 3.45. The Bertz CT molecular complexity index is 1150. The summed E-state index contributed by atoms with van der Waals surface area (Å²) in [4.78, 5) is 6.64. The van der Waals surface area contributed by atoms with Crippen LogP contribution in [-0.4, -0.2) is 46.4 Å². The number of hydrogen-bond donors (Lipinski definition) is 0. The van der Waals surface area contributed by atoms with E-state index in [4.69, 9.17) is 10.7 Å². The quantitative estimate of drug-likeness (QED) is 0.653. The average molecular weight is 455 g/mol. The SMILES string of the molecule is CC/C=C(C)\C=C1/CN=C(N2CCS(=O)(=O)c3ccccc3C2)C=C1S(=O)(=O)Cl. The molecule has 1 aromatic carbocycles. The Kier molecular flexibility index (Phi) is 6.36. The van der Waals surface area contributed by atoms with Crippen LogP contribution in [-0.2, 0) is 25.4 Å². The van der Waals surface area contributed by atoms with E-state index in [1.54, 1.807) is 35.2 Å². The molecule has 0 atom stereocenters. The van der Waals surface area contributed by atoms with Crippen LogP contribution >= 0.6 is 10.7 Å². The molecule has 29 heavy (non-hydrogen) atoms. The highest BCUT2D eigenvalue weighted by Gasteiger charge is 2.29. The molecule has 2 heterocycles. The van der Waals surface area contributed by atoms with E-state index in [1.165, 1.54) is 6.08 Å². The van der Waals surface area contributed by atoms with Crippen LogP contribution in [0.4, 0.5) is 0 Å². The van der Waals surface area contributed by atoms with Crippen LogP contribution in [0.25, 0.3) is 0 Å². The predicted molar refractivity (Wildman–Crippen MR) is 116 cm³/mol. The van der Waals surface area contributed by atoms with E-state index in [2.05, 4.69) is 4.99 Å². The van der Waals surface area contributed by atoms with E-state index in [9.17, 15) is 16.8 Å². The van der Waals surface area contributed by atoms with Gasteiger partial charge in [0.2, 0.25) is 0 Å². The molecular weight excluding hydrogens is 432 g/mol. The minimum Gasteiger partial charge on any atom is -0.351 e. The summed E-state index contributed by atoms with van der Waals surface area (Å²) in [7, 11) is -1.69. The number of halogens is 1. The molecule has 6 nitrogen and oxygen atoms in total. The van der Waals surface area contributed by atoms with E-state index < -0.39 is 18.9 Å².